The summed E-state index contributed by atoms with van der Waals surface area (Å²) in [4.78, 5) is 15.9. The molecule has 1 aromatic rings. The van der Waals surface area contributed by atoms with Crippen LogP contribution in [0.15, 0.2) is 23.2 Å². The quantitative estimate of drug-likeness (QED) is 0.820. The number of nitrogens with one attached hydrogen (secondary N) is 2. The Bertz CT molecular complexity index is 515. The molecule has 0 aromatic heterocycles. The van der Waals surface area contributed by atoms with Gasteiger partial charge in [-0.05, 0) is 13.0 Å². The third kappa shape index (κ3) is 1.87. The third-order valence-corrected chi connectivity index (χ3v) is 3.59. The lowest BCUT2D eigenvalue weighted by atomic mass is 9.92. The van der Waals surface area contributed by atoms with E-state index in [-0.39, 0.29) is 5.91 Å². The molecule has 6 heteroatoms. The predicted molar refractivity (Wildman–Crippen MR) is 68.5 cm³/mol. The molecule has 1 fully saturated rings. The molecule has 0 radical (unpaired) electrons. The molecule has 1 aliphatic heterocycles. The van der Waals surface area contributed by atoms with Crippen molar-refractivity contribution in [3.8, 4) is 0 Å². The summed E-state index contributed by atoms with van der Waals surface area (Å²) in [5.74, 6) is 0.218. The standard InChI is InChI=1S/C11H11Cl2N3O/c1-11(9(17)15-10(14-2)16-11)6-4-3-5-7(12)8(6)13/h3-5H,1-2H3,(H2,14,15,16,17). The zero-order chi connectivity index (χ0) is 12.6. The smallest absolute Gasteiger partial charge is 0.256 e. The molecule has 1 saturated heterocycles. The number of benzene rings is 1. The largest absolute Gasteiger partial charge is 0.338 e. The number of guanidine groups is 1. The van der Waals surface area contributed by atoms with E-state index in [9.17, 15) is 4.79 Å². The van der Waals surface area contributed by atoms with Crippen LogP contribution in [0.5, 0.6) is 0 Å². The molecule has 1 amide bonds. The van der Waals surface area contributed by atoms with E-state index in [0.717, 1.165) is 0 Å². The number of carbonyl (C=O) groups excluding carboxylic acids is 1. The summed E-state index contributed by atoms with van der Waals surface area (Å²) in [5.41, 5.74) is -0.320. The summed E-state index contributed by atoms with van der Waals surface area (Å²) in [6.45, 7) is 1.73. The van der Waals surface area contributed by atoms with Gasteiger partial charge in [0.25, 0.3) is 5.91 Å². The molecule has 1 unspecified atom stereocenters. The molecule has 1 heterocycles. The molecule has 17 heavy (non-hydrogen) atoms. The van der Waals surface area contributed by atoms with E-state index in [1.165, 1.54) is 0 Å². The Hall–Kier alpha value is -1.26. The minimum absolute atomic E-state index is 0.206. The Morgan fingerprint density at radius 2 is 2.06 bits per heavy atom. The molecule has 0 spiro atoms. The number of carbonyl (C=O) groups is 1. The lowest BCUT2D eigenvalue weighted by Gasteiger charge is -2.23. The number of rotatable bonds is 1. The van der Waals surface area contributed by atoms with Gasteiger partial charge in [0.1, 0.15) is 5.54 Å². The highest BCUT2D eigenvalue weighted by molar-refractivity contribution is 6.42. The van der Waals surface area contributed by atoms with Crippen LogP contribution in [0.2, 0.25) is 10.0 Å². The first-order valence-corrected chi connectivity index (χ1v) is 5.75. The van der Waals surface area contributed by atoms with Gasteiger partial charge in [-0.15, -0.1) is 0 Å². The fourth-order valence-corrected chi connectivity index (χ4v) is 2.24. The lowest BCUT2D eigenvalue weighted by molar-refractivity contribution is -0.123. The molecule has 2 rings (SSSR count). The topological polar surface area (TPSA) is 53.5 Å². The van der Waals surface area contributed by atoms with Gasteiger partial charge in [0.2, 0.25) is 0 Å². The van der Waals surface area contributed by atoms with E-state index in [0.29, 0.717) is 21.6 Å². The predicted octanol–water partition coefficient (Wildman–Crippen LogP) is 1.91. The number of nitrogens with zero attached hydrogens (tertiary/aromatic N) is 1. The van der Waals surface area contributed by atoms with Gasteiger partial charge in [-0.25, -0.2) is 0 Å². The average Bonchev–Trinajstić information content (AvgIpc) is 2.59. The van der Waals surface area contributed by atoms with E-state index in [1.54, 1.807) is 32.2 Å². The van der Waals surface area contributed by atoms with Gasteiger partial charge in [0, 0.05) is 12.6 Å². The molecule has 90 valence electrons. The fraction of sp³-hybridized carbons (Fsp3) is 0.273. The molecule has 4 nitrogen and oxygen atoms in total. The first kappa shape index (κ1) is 12.2. The highest BCUT2D eigenvalue weighted by atomic mass is 35.5. The monoisotopic (exact) mass is 271 g/mol. The van der Waals surface area contributed by atoms with Crippen LogP contribution in [-0.2, 0) is 10.3 Å². The van der Waals surface area contributed by atoms with Crippen LogP contribution in [-0.4, -0.2) is 18.9 Å². The van der Waals surface area contributed by atoms with Crippen molar-refractivity contribution in [3.05, 3.63) is 33.8 Å². The van der Waals surface area contributed by atoms with Crippen molar-refractivity contribution in [2.75, 3.05) is 7.05 Å². The molecule has 0 bridgehead atoms. The SMILES string of the molecule is CN=C1NC(=O)C(C)(c2cccc(Cl)c2Cl)N1. The van der Waals surface area contributed by atoms with E-state index in [4.69, 9.17) is 23.2 Å². The fourth-order valence-electron chi connectivity index (χ4n) is 1.75. The number of hydrogen-bond acceptors (Lipinski definition) is 2. The van der Waals surface area contributed by atoms with Crippen molar-refractivity contribution >= 4 is 35.1 Å². The van der Waals surface area contributed by atoms with E-state index in [1.807, 2.05) is 0 Å². The van der Waals surface area contributed by atoms with Gasteiger partial charge in [0.05, 0.1) is 10.0 Å². The molecule has 1 atom stereocenters. The van der Waals surface area contributed by atoms with E-state index >= 15 is 0 Å². The molecule has 2 N–H and O–H groups in total. The number of aliphatic imine (C=N–C) groups is 1. The van der Waals surface area contributed by atoms with Gasteiger partial charge in [-0.1, -0.05) is 35.3 Å². The second kappa shape index (κ2) is 4.20. The molecular weight excluding hydrogens is 261 g/mol. The highest BCUT2D eigenvalue weighted by Gasteiger charge is 2.43. The summed E-state index contributed by atoms with van der Waals surface area (Å²) in [7, 11) is 1.59. The molecule has 1 aromatic carbocycles. The number of halogens is 2. The Morgan fingerprint density at radius 1 is 1.35 bits per heavy atom. The Kier molecular flexibility index (Phi) is 3.02. The van der Waals surface area contributed by atoms with Crippen LogP contribution < -0.4 is 10.6 Å². The molecular formula is C11H11Cl2N3O. The number of hydrogen-bond donors (Lipinski definition) is 2. The lowest BCUT2D eigenvalue weighted by Crippen LogP contribution is -2.41. The van der Waals surface area contributed by atoms with Gasteiger partial charge < -0.3 is 5.32 Å². The Morgan fingerprint density at radius 3 is 2.65 bits per heavy atom. The molecule has 1 aliphatic rings. The van der Waals surface area contributed by atoms with Crippen molar-refractivity contribution in [2.24, 2.45) is 4.99 Å². The van der Waals surface area contributed by atoms with Crippen LogP contribution in [0.25, 0.3) is 0 Å². The van der Waals surface area contributed by atoms with Gasteiger partial charge in [0.15, 0.2) is 5.96 Å². The zero-order valence-electron chi connectivity index (χ0n) is 9.34. The van der Waals surface area contributed by atoms with Crippen LogP contribution in [0.4, 0.5) is 0 Å². The van der Waals surface area contributed by atoms with Crippen LogP contribution in [0, 0.1) is 0 Å². The third-order valence-electron chi connectivity index (χ3n) is 2.77. The molecule has 0 aliphatic carbocycles. The second-order valence-corrected chi connectivity index (χ2v) is 4.66. The maximum atomic E-state index is 12.0. The summed E-state index contributed by atoms with van der Waals surface area (Å²) in [6, 6.07) is 5.20. The maximum Gasteiger partial charge on any atom is 0.256 e. The van der Waals surface area contributed by atoms with Gasteiger partial charge in [-0.3, -0.25) is 15.1 Å². The maximum absolute atomic E-state index is 12.0. The van der Waals surface area contributed by atoms with Crippen LogP contribution in [0.1, 0.15) is 12.5 Å². The van der Waals surface area contributed by atoms with Crippen molar-refractivity contribution in [1.29, 1.82) is 0 Å². The minimum Gasteiger partial charge on any atom is -0.338 e. The zero-order valence-corrected chi connectivity index (χ0v) is 10.9. The highest BCUT2D eigenvalue weighted by Crippen LogP contribution is 2.34. The van der Waals surface area contributed by atoms with Crippen LogP contribution in [0.3, 0.4) is 0 Å². The van der Waals surface area contributed by atoms with E-state index in [2.05, 4.69) is 15.6 Å². The van der Waals surface area contributed by atoms with Crippen LogP contribution >= 0.6 is 23.2 Å². The summed E-state index contributed by atoms with van der Waals surface area (Å²) < 4.78 is 0. The number of amides is 1. The Labute approximate surface area is 109 Å². The van der Waals surface area contributed by atoms with Crippen molar-refractivity contribution < 1.29 is 4.79 Å². The summed E-state index contributed by atoms with van der Waals surface area (Å²) >= 11 is 12.1. The molecule has 0 saturated carbocycles. The summed E-state index contributed by atoms with van der Waals surface area (Å²) in [6.07, 6.45) is 0. The normalized spacial score (nSPS) is 25.9. The summed E-state index contributed by atoms with van der Waals surface area (Å²) in [5, 5.41) is 6.43. The van der Waals surface area contributed by atoms with Crippen molar-refractivity contribution in [2.45, 2.75) is 12.5 Å². The second-order valence-electron chi connectivity index (χ2n) is 3.88. The van der Waals surface area contributed by atoms with Gasteiger partial charge >= 0.3 is 0 Å². The Balaban J connectivity index is 2.53. The first-order valence-electron chi connectivity index (χ1n) is 5.00. The average molecular weight is 272 g/mol. The van der Waals surface area contributed by atoms with Gasteiger partial charge in [-0.2, -0.15) is 0 Å². The van der Waals surface area contributed by atoms with E-state index < -0.39 is 5.54 Å². The first-order chi connectivity index (χ1) is 7.99. The minimum atomic E-state index is -0.948. The van der Waals surface area contributed by atoms with Crippen molar-refractivity contribution in [3.63, 3.8) is 0 Å². The van der Waals surface area contributed by atoms with Crippen molar-refractivity contribution in [1.82, 2.24) is 10.6 Å².